The number of H-pyrrole nitrogens is 1. The smallest absolute Gasteiger partial charge is 0.261 e. The second-order valence-corrected chi connectivity index (χ2v) is 7.95. The molecule has 126 valence electrons. The number of nitrogens with one attached hydrogen (secondary N) is 1. The van der Waals surface area contributed by atoms with Crippen molar-refractivity contribution < 1.29 is 25.8 Å². The summed E-state index contributed by atoms with van der Waals surface area (Å²) in [6.45, 7) is 0. The van der Waals surface area contributed by atoms with Crippen LogP contribution in [0.5, 0.6) is 0 Å². The summed E-state index contributed by atoms with van der Waals surface area (Å²) in [5, 5.41) is 5.53. The number of halogens is 3. The predicted octanol–water partition coefficient (Wildman–Crippen LogP) is 2.00. The molecule has 0 aliphatic rings. The second-order valence-electron chi connectivity index (χ2n) is 4.51. The number of aromatic amines is 1. The van der Waals surface area contributed by atoms with E-state index < -0.39 is 42.8 Å². The zero-order chi connectivity index (χ0) is 17.3. The lowest BCUT2D eigenvalue weighted by Gasteiger charge is -2.19. The Kier molecular flexibility index (Phi) is 4.80. The van der Waals surface area contributed by atoms with Crippen molar-refractivity contribution in [1.82, 2.24) is 10.2 Å². The number of hydrogen-bond acceptors (Lipinski definition) is 4. The van der Waals surface area contributed by atoms with Crippen molar-refractivity contribution in [1.29, 1.82) is 0 Å². The Bertz CT molecular complexity index is 804. The van der Waals surface area contributed by atoms with Gasteiger partial charge in [0.1, 0.15) is 4.90 Å². The Morgan fingerprint density at radius 3 is 2.43 bits per heavy atom. The van der Waals surface area contributed by atoms with Crippen LogP contribution in [-0.2, 0) is 26.6 Å². The summed E-state index contributed by atoms with van der Waals surface area (Å²) in [4.78, 5) is -0.739. The zero-order valence-electron chi connectivity index (χ0n) is 11.7. The van der Waals surface area contributed by atoms with Crippen molar-refractivity contribution in [2.45, 2.75) is 16.2 Å². The molecular formula is C12H12F3N3O3S2. The van der Waals surface area contributed by atoms with Crippen molar-refractivity contribution >= 4 is 26.6 Å². The summed E-state index contributed by atoms with van der Waals surface area (Å²) in [7, 11) is -6.29. The minimum absolute atomic E-state index is 0.415. The molecule has 2 rings (SSSR count). The van der Waals surface area contributed by atoms with E-state index >= 15 is 0 Å². The molecule has 0 radical (unpaired) electrons. The Hall–Kier alpha value is -1.88. The third kappa shape index (κ3) is 3.91. The number of hydrogen-bond donors (Lipinski definition) is 1. The minimum Gasteiger partial charge on any atom is -0.261 e. The lowest BCUT2D eigenvalue weighted by atomic mass is 10.2. The fourth-order valence-corrected chi connectivity index (χ4v) is 3.81. The number of aromatic nitrogens is 2. The van der Waals surface area contributed by atoms with Gasteiger partial charge >= 0.3 is 5.51 Å². The van der Waals surface area contributed by atoms with Crippen LogP contribution in [0.4, 0.5) is 19.0 Å². The fraction of sp³-hybridized carbons (Fsp3) is 0.250. The quantitative estimate of drug-likeness (QED) is 0.876. The molecule has 1 aromatic heterocycles. The van der Waals surface area contributed by atoms with Crippen LogP contribution in [0.25, 0.3) is 0 Å². The van der Waals surface area contributed by atoms with Gasteiger partial charge in [-0.25, -0.2) is 12.6 Å². The molecule has 1 aromatic carbocycles. The number of anilines is 1. The van der Waals surface area contributed by atoms with Gasteiger partial charge in [-0.3, -0.25) is 9.40 Å². The predicted molar refractivity (Wildman–Crippen MR) is 78.5 cm³/mol. The van der Waals surface area contributed by atoms with Gasteiger partial charge < -0.3 is 0 Å². The molecule has 0 bridgehead atoms. The molecule has 11 heteroatoms. The highest BCUT2D eigenvalue weighted by molar-refractivity contribution is 7.92. The SMILES string of the molecule is CN(c1[nH]ncc1S(=O)C(F)(F)F)S(=O)(=O)Cc1ccccc1. The molecule has 0 fully saturated rings. The summed E-state index contributed by atoms with van der Waals surface area (Å²) in [6.07, 6.45) is 0.702. The summed E-state index contributed by atoms with van der Waals surface area (Å²) in [5.74, 6) is -0.891. The maximum absolute atomic E-state index is 12.6. The first-order valence-corrected chi connectivity index (χ1v) is 8.91. The monoisotopic (exact) mass is 367 g/mol. The first kappa shape index (κ1) is 17.5. The summed E-state index contributed by atoms with van der Waals surface area (Å²) < 4.78 is 74.5. The first-order chi connectivity index (χ1) is 10.6. The van der Waals surface area contributed by atoms with E-state index in [0.717, 1.165) is 7.05 Å². The molecule has 0 saturated heterocycles. The number of alkyl halides is 3. The molecule has 1 unspecified atom stereocenters. The van der Waals surface area contributed by atoms with Gasteiger partial charge in [0.25, 0.3) is 0 Å². The Labute approximate surface area is 132 Å². The highest BCUT2D eigenvalue weighted by atomic mass is 32.2. The molecule has 1 heterocycles. The van der Waals surface area contributed by atoms with Gasteiger partial charge in [-0.2, -0.15) is 18.3 Å². The zero-order valence-corrected chi connectivity index (χ0v) is 13.4. The van der Waals surface area contributed by atoms with E-state index in [0.29, 0.717) is 16.1 Å². The van der Waals surface area contributed by atoms with Crippen LogP contribution in [0.15, 0.2) is 41.4 Å². The molecule has 0 aliphatic heterocycles. The lowest BCUT2D eigenvalue weighted by Crippen LogP contribution is -2.30. The molecule has 1 N–H and O–H groups in total. The maximum atomic E-state index is 12.6. The van der Waals surface area contributed by atoms with E-state index in [-0.39, 0.29) is 0 Å². The Morgan fingerprint density at radius 1 is 1.26 bits per heavy atom. The van der Waals surface area contributed by atoms with E-state index in [1.807, 2.05) is 0 Å². The highest BCUT2D eigenvalue weighted by Gasteiger charge is 2.41. The third-order valence-corrected chi connectivity index (χ3v) is 5.75. The van der Waals surface area contributed by atoms with E-state index in [2.05, 4.69) is 10.2 Å². The number of sulfonamides is 1. The number of nitrogens with zero attached hydrogens (tertiary/aromatic N) is 2. The minimum atomic E-state index is -5.01. The Morgan fingerprint density at radius 2 is 1.87 bits per heavy atom. The van der Waals surface area contributed by atoms with Crippen LogP contribution < -0.4 is 4.31 Å². The highest BCUT2D eigenvalue weighted by Crippen LogP contribution is 2.32. The van der Waals surface area contributed by atoms with Crippen molar-refractivity contribution in [3.05, 3.63) is 42.1 Å². The van der Waals surface area contributed by atoms with Gasteiger partial charge in [0.05, 0.1) is 11.9 Å². The van der Waals surface area contributed by atoms with Crippen LogP contribution in [0.1, 0.15) is 5.56 Å². The second kappa shape index (κ2) is 6.32. The van der Waals surface area contributed by atoms with Crippen LogP contribution in [-0.4, -0.2) is 35.4 Å². The van der Waals surface area contributed by atoms with Crippen molar-refractivity contribution in [3.8, 4) is 0 Å². The van der Waals surface area contributed by atoms with E-state index in [9.17, 15) is 25.8 Å². The van der Waals surface area contributed by atoms with Crippen LogP contribution in [0.2, 0.25) is 0 Å². The number of rotatable bonds is 5. The summed E-state index contributed by atoms with van der Waals surface area (Å²) in [6, 6.07) is 8.15. The molecule has 6 nitrogen and oxygen atoms in total. The van der Waals surface area contributed by atoms with Gasteiger partial charge in [-0.1, -0.05) is 30.3 Å². The average molecular weight is 367 g/mol. The van der Waals surface area contributed by atoms with Crippen LogP contribution in [0, 0.1) is 0 Å². The topological polar surface area (TPSA) is 83.1 Å². The van der Waals surface area contributed by atoms with Gasteiger partial charge in [0.15, 0.2) is 16.6 Å². The van der Waals surface area contributed by atoms with Gasteiger partial charge in [-0.05, 0) is 5.56 Å². The van der Waals surface area contributed by atoms with Crippen molar-refractivity contribution in [2.24, 2.45) is 0 Å². The van der Waals surface area contributed by atoms with Crippen molar-refractivity contribution in [3.63, 3.8) is 0 Å². The largest absolute Gasteiger partial charge is 0.476 e. The van der Waals surface area contributed by atoms with Crippen LogP contribution >= 0.6 is 0 Å². The van der Waals surface area contributed by atoms with E-state index in [1.165, 1.54) is 0 Å². The molecule has 0 saturated carbocycles. The van der Waals surface area contributed by atoms with Gasteiger partial charge in [-0.15, -0.1) is 0 Å². The number of benzene rings is 1. The molecule has 0 spiro atoms. The maximum Gasteiger partial charge on any atom is 0.476 e. The van der Waals surface area contributed by atoms with Crippen LogP contribution in [0.3, 0.4) is 0 Å². The molecule has 23 heavy (non-hydrogen) atoms. The molecule has 0 amide bonds. The standard InChI is InChI=1S/C12H12F3N3O3S2/c1-18(23(20,21)8-9-5-3-2-4-6-9)11-10(7-16-17-11)22(19)12(13,14)15/h2-7H,8H2,1H3,(H,16,17). The summed E-state index contributed by atoms with van der Waals surface area (Å²) in [5.41, 5.74) is -4.54. The molecular weight excluding hydrogens is 355 g/mol. The molecule has 2 aromatic rings. The average Bonchev–Trinajstić information content (AvgIpc) is 2.94. The summed E-state index contributed by atoms with van der Waals surface area (Å²) >= 11 is 0. The van der Waals surface area contributed by atoms with Gasteiger partial charge in [0, 0.05) is 7.05 Å². The van der Waals surface area contributed by atoms with Gasteiger partial charge in [0.2, 0.25) is 10.0 Å². The van der Waals surface area contributed by atoms with E-state index in [1.54, 1.807) is 30.3 Å². The Balaban J connectivity index is 2.32. The normalized spacial score (nSPS) is 13.7. The van der Waals surface area contributed by atoms with Crippen molar-refractivity contribution in [2.75, 3.05) is 11.4 Å². The first-order valence-electron chi connectivity index (χ1n) is 6.15. The molecule has 1 atom stereocenters. The molecule has 0 aliphatic carbocycles. The third-order valence-electron chi connectivity index (χ3n) is 2.92. The fourth-order valence-electron chi connectivity index (χ4n) is 1.77. The van der Waals surface area contributed by atoms with E-state index in [4.69, 9.17) is 0 Å². The lowest BCUT2D eigenvalue weighted by molar-refractivity contribution is -0.0384.